The van der Waals surface area contributed by atoms with Crippen LogP contribution in [-0.2, 0) is 0 Å². The monoisotopic (exact) mass is 416 g/mol. The Morgan fingerprint density at radius 2 is 1.43 bits per heavy atom. The third kappa shape index (κ3) is 3.15. The van der Waals surface area contributed by atoms with Crippen molar-refractivity contribution in [3.63, 3.8) is 0 Å². The Morgan fingerprint density at radius 1 is 0.833 bits per heavy atom. The normalized spacial score (nSPS) is 43.6. The first kappa shape index (κ1) is 22.7. The van der Waals surface area contributed by atoms with Crippen LogP contribution in [0.4, 0.5) is 0 Å². The van der Waals surface area contributed by atoms with Crippen molar-refractivity contribution >= 4 is 5.71 Å². The van der Waals surface area contributed by atoms with Crippen LogP contribution in [0, 0.1) is 5.41 Å². The summed E-state index contributed by atoms with van der Waals surface area (Å²) in [6, 6.07) is 0.345. The summed E-state index contributed by atoms with van der Waals surface area (Å²) in [5, 5.41) is 3.83. The second kappa shape index (κ2) is 6.78. The maximum Gasteiger partial charge on any atom is 0.0633 e. The number of piperidine rings is 2. The fraction of sp³-hybridized carbons (Fsp3) is 0.962. The highest BCUT2D eigenvalue weighted by Crippen LogP contribution is 2.65. The van der Waals surface area contributed by atoms with Crippen LogP contribution >= 0.6 is 0 Å². The van der Waals surface area contributed by atoms with Crippen LogP contribution in [0.25, 0.3) is 0 Å². The molecule has 4 aliphatic rings. The summed E-state index contributed by atoms with van der Waals surface area (Å²) < 4.78 is 0. The Morgan fingerprint density at radius 3 is 2.00 bits per heavy atom. The molecule has 3 N–H and O–H groups in total. The van der Waals surface area contributed by atoms with Gasteiger partial charge in [0.05, 0.1) is 22.8 Å². The minimum Gasteiger partial charge on any atom is -0.320 e. The van der Waals surface area contributed by atoms with Crippen molar-refractivity contribution in [1.29, 1.82) is 0 Å². The standard InChI is InChI=1S/C26H48N4/c1-21(2)17-19(18-22(3,4)29-21)28-20-23(5,6)30-16-12-10-9-11-13-25(24(30,7)8)14-15-26(20,25)27/h19,29H,9-18,27H2,1-8H3. The van der Waals surface area contributed by atoms with Gasteiger partial charge < -0.3 is 11.1 Å². The van der Waals surface area contributed by atoms with Gasteiger partial charge in [0.15, 0.2) is 0 Å². The van der Waals surface area contributed by atoms with Crippen LogP contribution in [0.3, 0.4) is 0 Å². The van der Waals surface area contributed by atoms with Crippen molar-refractivity contribution < 1.29 is 0 Å². The van der Waals surface area contributed by atoms with Gasteiger partial charge >= 0.3 is 0 Å². The summed E-state index contributed by atoms with van der Waals surface area (Å²) >= 11 is 0. The average Bonchev–Trinajstić information content (AvgIpc) is 2.62. The molecular formula is C26H48N4. The van der Waals surface area contributed by atoms with Gasteiger partial charge in [-0.15, -0.1) is 0 Å². The number of fused-ring (bicyclic) bond motifs is 1. The maximum atomic E-state index is 7.50. The SMILES string of the molecule is CC1(C)CC(N=C2C(C)(C)N3CCCCCCC4(CCC24N)C3(C)C)CC(C)(C)N1. The molecule has 1 aliphatic carbocycles. The lowest BCUT2D eigenvalue weighted by Crippen LogP contribution is -2.87. The zero-order valence-corrected chi connectivity index (χ0v) is 21.1. The summed E-state index contributed by atoms with van der Waals surface area (Å²) in [6.07, 6.45) is 11.1. The Hall–Kier alpha value is -0.450. The number of nitrogens with one attached hydrogen (secondary N) is 1. The second-order valence-corrected chi connectivity index (χ2v) is 13.4. The number of nitrogens with two attached hydrogens (primary N) is 1. The molecule has 0 amide bonds. The van der Waals surface area contributed by atoms with E-state index >= 15 is 0 Å². The number of aliphatic imine (C=N–C) groups is 1. The Labute approximate surface area is 185 Å². The Bertz CT molecular complexity index is 703. The van der Waals surface area contributed by atoms with Crippen LogP contribution in [-0.4, -0.2) is 50.9 Å². The van der Waals surface area contributed by atoms with Crippen LogP contribution in [0.15, 0.2) is 4.99 Å². The predicted octanol–water partition coefficient (Wildman–Crippen LogP) is 5.05. The predicted molar refractivity (Wildman–Crippen MR) is 128 cm³/mol. The largest absolute Gasteiger partial charge is 0.320 e. The zero-order valence-electron chi connectivity index (χ0n) is 21.1. The van der Waals surface area contributed by atoms with Crippen LogP contribution in [0.5, 0.6) is 0 Å². The lowest BCUT2D eigenvalue weighted by Gasteiger charge is -2.75. The van der Waals surface area contributed by atoms with E-state index in [0.717, 1.165) is 19.3 Å². The number of hydrogen-bond acceptors (Lipinski definition) is 4. The minimum atomic E-state index is -0.250. The molecule has 172 valence electrons. The van der Waals surface area contributed by atoms with Gasteiger partial charge in [-0.3, -0.25) is 9.89 Å². The number of hydrogen-bond donors (Lipinski definition) is 2. The quantitative estimate of drug-likeness (QED) is 0.629. The minimum absolute atomic E-state index is 0.0916. The highest BCUT2D eigenvalue weighted by atomic mass is 15.3. The molecule has 4 nitrogen and oxygen atoms in total. The molecule has 30 heavy (non-hydrogen) atoms. The van der Waals surface area contributed by atoms with Gasteiger partial charge in [0.2, 0.25) is 0 Å². The lowest BCUT2D eigenvalue weighted by atomic mass is 9.40. The van der Waals surface area contributed by atoms with E-state index < -0.39 is 0 Å². The Kier molecular flexibility index (Phi) is 5.13. The molecular weight excluding hydrogens is 368 g/mol. The fourth-order valence-corrected chi connectivity index (χ4v) is 8.60. The second-order valence-electron chi connectivity index (χ2n) is 13.4. The van der Waals surface area contributed by atoms with E-state index in [1.165, 1.54) is 50.8 Å². The van der Waals surface area contributed by atoms with Gasteiger partial charge in [0.1, 0.15) is 0 Å². The van der Waals surface area contributed by atoms with Crippen molar-refractivity contribution in [2.24, 2.45) is 16.1 Å². The highest BCUT2D eigenvalue weighted by molar-refractivity contribution is 6.03. The third-order valence-corrected chi connectivity index (χ3v) is 9.54. The highest BCUT2D eigenvalue weighted by Gasteiger charge is 2.73. The summed E-state index contributed by atoms with van der Waals surface area (Å²) in [7, 11) is 0. The first-order valence-electron chi connectivity index (χ1n) is 12.6. The smallest absolute Gasteiger partial charge is 0.0633 e. The van der Waals surface area contributed by atoms with Crippen molar-refractivity contribution in [1.82, 2.24) is 10.2 Å². The maximum absolute atomic E-state index is 7.50. The van der Waals surface area contributed by atoms with Crippen LogP contribution < -0.4 is 11.1 Å². The lowest BCUT2D eigenvalue weighted by molar-refractivity contribution is -0.153. The molecule has 0 radical (unpaired) electrons. The average molecular weight is 417 g/mol. The van der Waals surface area contributed by atoms with E-state index in [9.17, 15) is 0 Å². The molecule has 4 fully saturated rings. The zero-order chi connectivity index (χ0) is 22.2. The molecule has 0 aromatic rings. The van der Waals surface area contributed by atoms with Crippen LogP contribution in [0.2, 0.25) is 0 Å². The molecule has 0 aromatic heterocycles. The van der Waals surface area contributed by atoms with E-state index in [1.54, 1.807) is 0 Å². The van der Waals surface area contributed by atoms with E-state index in [-0.39, 0.29) is 33.1 Å². The van der Waals surface area contributed by atoms with Gasteiger partial charge in [0, 0.05) is 22.0 Å². The van der Waals surface area contributed by atoms with Crippen molar-refractivity contribution in [2.75, 3.05) is 6.54 Å². The molecule has 4 heteroatoms. The molecule has 4 rings (SSSR count). The first-order chi connectivity index (χ1) is 13.7. The summed E-state index contributed by atoms with van der Waals surface area (Å²) in [5.74, 6) is 0. The first-order valence-corrected chi connectivity index (χ1v) is 12.6. The van der Waals surface area contributed by atoms with Crippen molar-refractivity contribution in [3.05, 3.63) is 0 Å². The number of nitrogens with zero attached hydrogens (tertiary/aromatic N) is 2. The van der Waals surface area contributed by atoms with Gasteiger partial charge in [-0.1, -0.05) is 19.3 Å². The molecule has 3 heterocycles. The number of rotatable bonds is 1. The Balaban J connectivity index is 1.82. The summed E-state index contributed by atoms with van der Waals surface area (Å²) in [5.41, 5.74) is 8.96. The molecule has 2 bridgehead atoms. The van der Waals surface area contributed by atoms with E-state index in [4.69, 9.17) is 10.7 Å². The molecule has 3 atom stereocenters. The topological polar surface area (TPSA) is 53.6 Å². The molecule has 3 unspecified atom stereocenters. The third-order valence-electron chi connectivity index (χ3n) is 9.54. The van der Waals surface area contributed by atoms with Crippen molar-refractivity contribution in [3.8, 4) is 0 Å². The summed E-state index contributed by atoms with van der Waals surface area (Å²) in [6.45, 7) is 20.3. The van der Waals surface area contributed by atoms with Gasteiger partial charge in [-0.25, -0.2) is 0 Å². The van der Waals surface area contributed by atoms with E-state index in [2.05, 4.69) is 65.6 Å². The molecule has 1 saturated carbocycles. The van der Waals surface area contributed by atoms with Gasteiger partial charge in [-0.2, -0.15) is 0 Å². The molecule has 0 aromatic carbocycles. The van der Waals surface area contributed by atoms with E-state index in [0.29, 0.717) is 6.04 Å². The molecule has 1 spiro atoms. The van der Waals surface area contributed by atoms with Gasteiger partial charge in [-0.05, 0) is 100 Å². The van der Waals surface area contributed by atoms with E-state index in [1.807, 2.05) is 0 Å². The van der Waals surface area contributed by atoms with Gasteiger partial charge in [0.25, 0.3) is 0 Å². The summed E-state index contributed by atoms with van der Waals surface area (Å²) in [4.78, 5) is 8.46. The molecule has 3 aliphatic heterocycles. The van der Waals surface area contributed by atoms with Crippen LogP contribution in [0.1, 0.15) is 113 Å². The fourth-order valence-electron chi connectivity index (χ4n) is 8.60. The van der Waals surface area contributed by atoms with Crippen molar-refractivity contribution in [2.45, 2.75) is 147 Å². The molecule has 3 saturated heterocycles.